The maximum absolute atomic E-state index is 12.5. The van der Waals surface area contributed by atoms with E-state index in [1.54, 1.807) is 17.7 Å². The first-order chi connectivity index (χ1) is 12.3. The molecule has 0 radical (unpaired) electrons. The Morgan fingerprint density at radius 3 is 2.69 bits per heavy atom. The molecule has 0 bridgehead atoms. The monoisotopic (exact) mass is 415 g/mol. The second-order valence-electron chi connectivity index (χ2n) is 5.50. The zero-order chi connectivity index (χ0) is 19.3. The summed E-state index contributed by atoms with van der Waals surface area (Å²) < 4.78 is 6.62. The second kappa shape index (κ2) is 9.32. The van der Waals surface area contributed by atoms with Crippen molar-refractivity contribution in [3.8, 4) is 0 Å². The number of nitrogens with zero attached hydrogens (tertiary/aromatic N) is 2. The number of methoxy groups -OCH3 is 1. The number of carbonyl (C=O) groups is 2. The first kappa shape index (κ1) is 20.6. The summed E-state index contributed by atoms with van der Waals surface area (Å²) in [5, 5.41) is 3.43. The van der Waals surface area contributed by atoms with Gasteiger partial charge >= 0.3 is 0 Å². The van der Waals surface area contributed by atoms with Crippen molar-refractivity contribution in [3.05, 3.63) is 49.2 Å². The highest BCUT2D eigenvalue weighted by molar-refractivity contribution is 7.09. The maximum Gasteiger partial charge on any atom is 0.281 e. The summed E-state index contributed by atoms with van der Waals surface area (Å²) >= 11 is 13.3. The molecular formula is C17H19Cl2N3O3S. The highest BCUT2D eigenvalue weighted by Crippen LogP contribution is 2.21. The molecule has 2 amide bonds. The Morgan fingerprint density at radius 2 is 2.04 bits per heavy atom. The second-order valence-corrected chi connectivity index (χ2v) is 7.52. The Kier molecular flexibility index (Phi) is 7.40. The molecule has 1 aromatic carbocycles. The molecule has 1 aromatic heterocycles. The fourth-order valence-electron chi connectivity index (χ4n) is 2.17. The van der Waals surface area contributed by atoms with Crippen molar-refractivity contribution in [2.75, 3.05) is 20.3 Å². The number of amides is 2. The highest BCUT2D eigenvalue weighted by atomic mass is 35.5. The van der Waals surface area contributed by atoms with Gasteiger partial charge in [0.2, 0.25) is 5.91 Å². The fraction of sp³-hybridized carbons (Fsp3) is 0.353. The largest absolute Gasteiger partial charge is 0.383 e. The smallest absolute Gasteiger partial charge is 0.281 e. The van der Waals surface area contributed by atoms with E-state index in [9.17, 15) is 9.59 Å². The van der Waals surface area contributed by atoms with E-state index in [1.807, 2.05) is 13.8 Å². The molecule has 0 unspecified atom stereocenters. The van der Waals surface area contributed by atoms with Crippen LogP contribution in [0.1, 0.15) is 20.9 Å². The molecule has 6 nitrogen and oxygen atoms in total. The number of ether oxygens (including phenoxy) is 1. The number of hydrogen-bond acceptors (Lipinski definition) is 4. The van der Waals surface area contributed by atoms with Gasteiger partial charge in [-0.05, 0) is 32.0 Å². The Bertz CT molecular complexity index is 890. The van der Waals surface area contributed by atoms with Crippen LogP contribution in [0.5, 0.6) is 0 Å². The predicted octanol–water partition coefficient (Wildman–Crippen LogP) is 2.98. The molecule has 1 N–H and O–H groups in total. The zero-order valence-electron chi connectivity index (χ0n) is 14.6. The highest BCUT2D eigenvalue weighted by Gasteiger charge is 2.14. The third-order valence-electron chi connectivity index (χ3n) is 3.68. The standard InChI is InChI=1S/C17H19Cl2N3O3S/c1-10-11(2)26-17(22(10)9-15(23)20-6-7-25-3)21-16(24)13-5-4-12(18)8-14(13)19/h4-5,8H,6-7,9H2,1-3H3,(H,20,23). The number of aryl methyl sites for hydroxylation is 1. The van der Waals surface area contributed by atoms with E-state index in [0.717, 1.165) is 10.6 Å². The van der Waals surface area contributed by atoms with Crippen LogP contribution < -0.4 is 10.1 Å². The van der Waals surface area contributed by atoms with Crippen LogP contribution in [0.3, 0.4) is 0 Å². The van der Waals surface area contributed by atoms with Gasteiger partial charge in [-0.3, -0.25) is 9.59 Å². The molecule has 9 heteroatoms. The predicted molar refractivity (Wildman–Crippen MR) is 103 cm³/mol. The summed E-state index contributed by atoms with van der Waals surface area (Å²) in [6.07, 6.45) is 0. The normalized spacial score (nSPS) is 11.7. The molecule has 26 heavy (non-hydrogen) atoms. The van der Waals surface area contributed by atoms with Crippen molar-refractivity contribution in [2.24, 2.45) is 4.99 Å². The first-order valence-electron chi connectivity index (χ1n) is 7.80. The minimum atomic E-state index is -0.485. The van der Waals surface area contributed by atoms with Crippen LogP contribution in [-0.4, -0.2) is 36.6 Å². The van der Waals surface area contributed by atoms with E-state index < -0.39 is 5.91 Å². The first-order valence-corrected chi connectivity index (χ1v) is 9.37. The van der Waals surface area contributed by atoms with Crippen LogP contribution in [0.25, 0.3) is 0 Å². The molecule has 0 aliphatic carbocycles. The molecule has 0 atom stereocenters. The number of thiazole rings is 1. The van der Waals surface area contributed by atoms with Gasteiger partial charge in [0.15, 0.2) is 4.80 Å². The number of benzene rings is 1. The number of nitrogens with one attached hydrogen (secondary N) is 1. The average molecular weight is 416 g/mol. The van der Waals surface area contributed by atoms with E-state index in [0.29, 0.717) is 23.0 Å². The lowest BCUT2D eigenvalue weighted by Crippen LogP contribution is -2.33. The number of rotatable bonds is 6. The molecule has 0 aliphatic heterocycles. The fourth-order valence-corrected chi connectivity index (χ4v) is 3.63. The van der Waals surface area contributed by atoms with Crippen LogP contribution in [-0.2, 0) is 16.1 Å². The Morgan fingerprint density at radius 1 is 1.31 bits per heavy atom. The van der Waals surface area contributed by atoms with E-state index in [1.165, 1.54) is 23.5 Å². The molecule has 1 heterocycles. The number of hydrogen-bond donors (Lipinski definition) is 1. The van der Waals surface area contributed by atoms with Gasteiger partial charge in [-0.15, -0.1) is 11.3 Å². The van der Waals surface area contributed by atoms with E-state index in [4.69, 9.17) is 27.9 Å². The van der Waals surface area contributed by atoms with Crippen LogP contribution >= 0.6 is 34.5 Å². The van der Waals surface area contributed by atoms with Gasteiger partial charge in [0.25, 0.3) is 5.91 Å². The van der Waals surface area contributed by atoms with Crippen molar-refractivity contribution < 1.29 is 14.3 Å². The van der Waals surface area contributed by atoms with Crippen LogP contribution in [0.15, 0.2) is 23.2 Å². The molecule has 0 saturated carbocycles. The summed E-state index contributed by atoms with van der Waals surface area (Å²) in [6.45, 7) is 4.72. The lowest BCUT2D eigenvalue weighted by Gasteiger charge is -2.07. The summed E-state index contributed by atoms with van der Waals surface area (Å²) in [7, 11) is 1.57. The van der Waals surface area contributed by atoms with Gasteiger partial charge < -0.3 is 14.6 Å². The number of aromatic nitrogens is 1. The Labute approximate surface area is 165 Å². The zero-order valence-corrected chi connectivity index (χ0v) is 17.0. The molecule has 0 saturated heterocycles. The van der Waals surface area contributed by atoms with E-state index >= 15 is 0 Å². The summed E-state index contributed by atoms with van der Waals surface area (Å²) in [5.41, 5.74) is 1.14. The number of carbonyl (C=O) groups excluding carboxylic acids is 2. The Hall–Kier alpha value is -1.67. The molecule has 140 valence electrons. The van der Waals surface area contributed by atoms with Crippen molar-refractivity contribution in [1.82, 2.24) is 9.88 Å². The SMILES string of the molecule is COCCNC(=O)Cn1c(C)c(C)sc1=NC(=O)c1ccc(Cl)cc1Cl. The van der Waals surface area contributed by atoms with Gasteiger partial charge in [0, 0.05) is 29.2 Å². The molecule has 0 spiro atoms. The lowest BCUT2D eigenvalue weighted by molar-refractivity contribution is -0.121. The van der Waals surface area contributed by atoms with Gasteiger partial charge in [0.1, 0.15) is 6.54 Å². The minimum Gasteiger partial charge on any atom is -0.383 e. The van der Waals surface area contributed by atoms with Gasteiger partial charge in [-0.25, -0.2) is 0 Å². The summed E-state index contributed by atoms with van der Waals surface area (Å²) in [5.74, 6) is -0.664. The summed E-state index contributed by atoms with van der Waals surface area (Å²) in [6, 6.07) is 4.61. The molecule has 0 fully saturated rings. The third kappa shape index (κ3) is 5.17. The quantitative estimate of drug-likeness (QED) is 0.736. The van der Waals surface area contributed by atoms with E-state index in [2.05, 4.69) is 10.3 Å². The lowest BCUT2D eigenvalue weighted by atomic mass is 10.2. The van der Waals surface area contributed by atoms with Gasteiger partial charge in [-0.2, -0.15) is 4.99 Å². The van der Waals surface area contributed by atoms with Crippen molar-refractivity contribution in [3.63, 3.8) is 0 Å². The van der Waals surface area contributed by atoms with Crippen LogP contribution in [0, 0.1) is 13.8 Å². The topological polar surface area (TPSA) is 72.7 Å². The van der Waals surface area contributed by atoms with Crippen LogP contribution in [0.2, 0.25) is 10.0 Å². The van der Waals surface area contributed by atoms with Crippen molar-refractivity contribution in [1.29, 1.82) is 0 Å². The molecule has 2 rings (SSSR count). The Balaban J connectivity index is 2.31. The van der Waals surface area contributed by atoms with Crippen molar-refractivity contribution in [2.45, 2.75) is 20.4 Å². The average Bonchev–Trinajstić information content (AvgIpc) is 2.82. The third-order valence-corrected chi connectivity index (χ3v) is 5.32. The van der Waals surface area contributed by atoms with Gasteiger partial charge in [0.05, 0.1) is 17.2 Å². The van der Waals surface area contributed by atoms with E-state index in [-0.39, 0.29) is 23.0 Å². The van der Waals surface area contributed by atoms with Crippen LogP contribution in [0.4, 0.5) is 0 Å². The molecule has 0 aliphatic rings. The number of halogens is 2. The minimum absolute atomic E-state index is 0.0698. The maximum atomic E-state index is 12.5. The molecule has 2 aromatic rings. The summed E-state index contributed by atoms with van der Waals surface area (Å²) in [4.78, 5) is 30.2. The van der Waals surface area contributed by atoms with Gasteiger partial charge in [-0.1, -0.05) is 23.2 Å². The van der Waals surface area contributed by atoms with Crippen molar-refractivity contribution >= 4 is 46.4 Å². The molecular weight excluding hydrogens is 397 g/mol.